The van der Waals surface area contributed by atoms with E-state index in [4.69, 9.17) is 4.74 Å². The van der Waals surface area contributed by atoms with Gasteiger partial charge in [-0.2, -0.15) is 0 Å². The number of halogens is 1. The van der Waals surface area contributed by atoms with Crippen molar-refractivity contribution in [2.75, 3.05) is 40.3 Å². The summed E-state index contributed by atoms with van der Waals surface area (Å²) in [4.78, 5) is 18.8. The quantitative estimate of drug-likeness (QED) is 0.295. The number of carbonyl (C=O) groups excluding carboxylic acids is 1. The second-order valence-corrected chi connectivity index (χ2v) is 8.11. The average molecular weight is 517 g/mol. The fraction of sp³-hybridized carbons (Fsp3) is 0.619. The molecule has 0 bridgehead atoms. The third kappa shape index (κ3) is 8.38. The summed E-state index contributed by atoms with van der Waals surface area (Å²) < 4.78 is 5.59. The highest BCUT2D eigenvalue weighted by atomic mass is 127. The van der Waals surface area contributed by atoms with E-state index in [-0.39, 0.29) is 48.0 Å². The van der Waals surface area contributed by atoms with Crippen LogP contribution in [0.1, 0.15) is 45.2 Å². The average Bonchev–Trinajstić information content (AvgIpc) is 3.17. The highest BCUT2D eigenvalue weighted by Crippen LogP contribution is 2.31. The van der Waals surface area contributed by atoms with E-state index in [1.165, 1.54) is 18.4 Å². The predicted molar refractivity (Wildman–Crippen MR) is 129 cm³/mol. The molecule has 0 radical (unpaired) electrons. The van der Waals surface area contributed by atoms with Crippen molar-refractivity contribution in [3.63, 3.8) is 0 Å². The summed E-state index contributed by atoms with van der Waals surface area (Å²) in [6.45, 7) is 8.90. The smallest absolute Gasteiger partial charge is 0.239 e. The van der Waals surface area contributed by atoms with Crippen LogP contribution in [-0.2, 0) is 4.79 Å². The topological polar surface area (TPSA) is 78.0 Å². The number of nitrogens with one attached hydrogen (secondary N) is 3. The number of amides is 1. The van der Waals surface area contributed by atoms with Gasteiger partial charge in [0.25, 0.3) is 0 Å². The van der Waals surface area contributed by atoms with Gasteiger partial charge in [-0.15, -0.1) is 24.0 Å². The number of ether oxygens (including phenoxy) is 1. The largest absolute Gasteiger partial charge is 0.496 e. The van der Waals surface area contributed by atoms with Gasteiger partial charge in [0.15, 0.2) is 5.96 Å². The van der Waals surface area contributed by atoms with Crippen LogP contribution in [0.25, 0.3) is 0 Å². The van der Waals surface area contributed by atoms with Gasteiger partial charge in [-0.3, -0.25) is 14.7 Å². The summed E-state index contributed by atoms with van der Waals surface area (Å²) in [5, 5.41) is 9.41. The second kappa shape index (κ2) is 12.2. The van der Waals surface area contributed by atoms with Gasteiger partial charge in [-0.05, 0) is 52.8 Å². The third-order valence-electron chi connectivity index (χ3n) is 4.70. The number of benzene rings is 1. The number of aliphatic imine (C=N–C) groups is 1. The normalized spacial score (nSPS) is 16.0. The van der Waals surface area contributed by atoms with Crippen LogP contribution in [0.2, 0.25) is 0 Å². The summed E-state index contributed by atoms with van der Waals surface area (Å²) in [5.74, 6) is 1.45. The maximum absolute atomic E-state index is 12.1. The maximum atomic E-state index is 12.1. The highest BCUT2D eigenvalue weighted by Gasteiger charge is 2.26. The molecule has 0 aromatic heterocycles. The number of guanidine groups is 1. The maximum Gasteiger partial charge on any atom is 0.239 e. The summed E-state index contributed by atoms with van der Waals surface area (Å²) in [6.07, 6.45) is 2.43. The lowest BCUT2D eigenvalue weighted by Crippen LogP contribution is -2.49. The van der Waals surface area contributed by atoms with E-state index in [1.807, 2.05) is 39.0 Å². The lowest BCUT2D eigenvalue weighted by atomic mass is 10.0. The van der Waals surface area contributed by atoms with Crippen molar-refractivity contribution in [1.82, 2.24) is 20.9 Å². The number of methoxy groups -OCH3 is 1. The van der Waals surface area contributed by atoms with Gasteiger partial charge in [0.2, 0.25) is 5.91 Å². The van der Waals surface area contributed by atoms with Crippen LogP contribution in [0.3, 0.4) is 0 Å². The Morgan fingerprint density at radius 2 is 1.86 bits per heavy atom. The molecule has 3 N–H and O–H groups in total. The summed E-state index contributed by atoms with van der Waals surface area (Å²) in [5.41, 5.74) is 0.917. The molecule has 1 aliphatic heterocycles. The molecule has 0 spiro atoms. The van der Waals surface area contributed by atoms with E-state index in [0.29, 0.717) is 12.5 Å². The third-order valence-corrected chi connectivity index (χ3v) is 4.70. The number of hydrogen-bond acceptors (Lipinski definition) is 4. The van der Waals surface area contributed by atoms with Crippen molar-refractivity contribution in [3.8, 4) is 5.75 Å². The molecule has 29 heavy (non-hydrogen) atoms. The Balaban J connectivity index is 0.00000420. The lowest BCUT2D eigenvalue weighted by molar-refractivity contribution is -0.121. The number of para-hydroxylation sites is 1. The van der Waals surface area contributed by atoms with Crippen LogP contribution in [0, 0.1) is 0 Å². The molecule has 1 heterocycles. The van der Waals surface area contributed by atoms with Crippen LogP contribution in [0.15, 0.2) is 29.3 Å². The second-order valence-electron chi connectivity index (χ2n) is 8.11. The number of rotatable bonds is 7. The van der Waals surface area contributed by atoms with E-state index < -0.39 is 0 Å². The first-order valence-corrected chi connectivity index (χ1v) is 9.96. The van der Waals surface area contributed by atoms with Crippen molar-refractivity contribution in [3.05, 3.63) is 29.8 Å². The molecule has 0 aliphatic carbocycles. The summed E-state index contributed by atoms with van der Waals surface area (Å²) >= 11 is 0. The molecular weight excluding hydrogens is 481 g/mol. The molecule has 1 aromatic rings. The van der Waals surface area contributed by atoms with Crippen molar-refractivity contribution in [2.45, 2.75) is 45.2 Å². The Hall–Kier alpha value is -1.55. The van der Waals surface area contributed by atoms with Crippen LogP contribution in [0.4, 0.5) is 0 Å². The summed E-state index contributed by atoms with van der Waals surface area (Å²) in [7, 11) is 3.42. The van der Waals surface area contributed by atoms with E-state index in [2.05, 4.69) is 31.9 Å². The van der Waals surface area contributed by atoms with Crippen molar-refractivity contribution in [2.24, 2.45) is 4.99 Å². The van der Waals surface area contributed by atoms with Gasteiger partial charge >= 0.3 is 0 Å². The molecule has 1 atom stereocenters. The highest BCUT2D eigenvalue weighted by molar-refractivity contribution is 14.0. The zero-order valence-corrected chi connectivity index (χ0v) is 20.6. The fourth-order valence-corrected chi connectivity index (χ4v) is 3.47. The Kier molecular flexibility index (Phi) is 10.7. The Labute approximate surface area is 192 Å². The van der Waals surface area contributed by atoms with E-state index >= 15 is 0 Å². The van der Waals surface area contributed by atoms with Gasteiger partial charge in [0.1, 0.15) is 5.75 Å². The van der Waals surface area contributed by atoms with Crippen LogP contribution in [-0.4, -0.2) is 62.6 Å². The predicted octanol–water partition coefficient (Wildman–Crippen LogP) is 2.53. The van der Waals surface area contributed by atoms with Crippen LogP contribution < -0.4 is 20.7 Å². The first-order valence-electron chi connectivity index (χ1n) is 9.96. The minimum absolute atomic E-state index is 0. The first-order chi connectivity index (χ1) is 13.3. The standard InChI is InChI=1S/C21H35N5O2.HI/c1-21(2,3)25-19(27)15-24-20(22-4)23-14-17(26-12-8-9-13-26)16-10-6-7-11-18(16)28-5;/h6-7,10-11,17H,8-9,12-15H2,1-5H3,(H,25,27)(H2,22,23,24);1H. The molecule has 164 valence electrons. The monoisotopic (exact) mass is 517 g/mol. The molecular formula is C21H36IN5O2. The molecule has 0 saturated carbocycles. The van der Waals surface area contributed by atoms with Gasteiger partial charge in [-0.25, -0.2) is 0 Å². The van der Waals surface area contributed by atoms with Gasteiger partial charge in [-0.1, -0.05) is 18.2 Å². The number of carbonyl (C=O) groups is 1. The molecule has 7 nitrogen and oxygen atoms in total. The molecule has 1 saturated heterocycles. The van der Waals surface area contributed by atoms with Crippen molar-refractivity contribution in [1.29, 1.82) is 0 Å². The Morgan fingerprint density at radius 1 is 1.21 bits per heavy atom. The van der Waals surface area contributed by atoms with Gasteiger partial charge in [0.05, 0.1) is 19.7 Å². The SMILES string of the molecule is CN=C(NCC(=O)NC(C)(C)C)NCC(c1ccccc1OC)N1CCCC1.I. The minimum Gasteiger partial charge on any atom is -0.496 e. The molecule has 1 unspecified atom stereocenters. The van der Waals surface area contributed by atoms with Crippen LogP contribution in [0.5, 0.6) is 5.75 Å². The minimum atomic E-state index is -0.250. The zero-order chi connectivity index (χ0) is 20.6. The summed E-state index contributed by atoms with van der Waals surface area (Å²) in [6, 6.07) is 8.34. The van der Waals surface area contributed by atoms with E-state index in [0.717, 1.165) is 18.8 Å². The fourth-order valence-electron chi connectivity index (χ4n) is 3.47. The molecule has 1 amide bonds. The van der Waals surface area contributed by atoms with Crippen molar-refractivity contribution < 1.29 is 9.53 Å². The molecule has 8 heteroatoms. The Bertz CT molecular complexity index is 669. The number of nitrogens with zero attached hydrogens (tertiary/aromatic N) is 2. The molecule has 1 aromatic carbocycles. The van der Waals surface area contributed by atoms with Gasteiger partial charge < -0.3 is 20.7 Å². The van der Waals surface area contributed by atoms with E-state index in [1.54, 1.807) is 14.2 Å². The van der Waals surface area contributed by atoms with E-state index in [9.17, 15) is 4.79 Å². The Morgan fingerprint density at radius 3 is 2.45 bits per heavy atom. The molecule has 1 fully saturated rings. The number of hydrogen-bond donors (Lipinski definition) is 3. The van der Waals surface area contributed by atoms with Gasteiger partial charge in [0, 0.05) is 24.7 Å². The first kappa shape index (κ1) is 25.5. The van der Waals surface area contributed by atoms with Crippen molar-refractivity contribution >= 4 is 35.8 Å². The molecule has 2 rings (SSSR count). The molecule has 1 aliphatic rings. The lowest BCUT2D eigenvalue weighted by Gasteiger charge is -2.30. The zero-order valence-electron chi connectivity index (χ0n) is 18.2. The van der Waals surface area contributed by atoms with Crippen LogP contribution >= 0.6 is 24.0 Å². The number of likely N-dealkylation sites (tertiary alicyclic amines) is 1.